The van der Waals surface area contributed by atoms with Gasteiger partial charge in [0.1, 0.15) is 18.2 Å². The molecule has 0 bridgehead atoms. The van der Waals surface area contributed by atoms with Crippen LogP contribution < -0.4 is 9.64 Å². The van der Waals surface area contributed by atoms with Crippen LogP contribution in [0.1, 0.15) is 37.2 Å². The Morgan fingerprint density at radius 3 is 2.57 bits per heavy atom. The minimum absolute atomic E-state index is 0.0518. The highest BCUT2D eigenvalue weighted by atomic mass is 35.5. The molecule has 4 aromatic rings. The molecule has 1 aromatic heterocycles. The maximum absolute atomic E-state index is 13.8. The van der Waals surface area contributed by atoms with Crippen LogP contribution >= 0.6 is 11.6 Å². The highest BCUT2D eigenvalue weighted by Crippen LogP contribution is 2.29. The lowest BCUT2D eigenvalue weighted by Gasteiger charge is -2.32. The number of amides is 1. The Morgan fingerprint density at radius 1 is 1.08 bits per heavy atom. The molecule has 0 aliphatic rings. The average molecular weight is 520 g/mol. The Balaban J connectivity index is 1.60. The van der Waals surface area contributed by atoms with Gasteiger partial charge in [-0.3, -0.25) is 4.79 Å². The summed E-state index contributed by atoms with van der Waals surface area (Å²) in [5, 5.41) is 0.658. The zero-order valence-corrected chi connectivity index (χ0v) is 22.7. The summed E-state index contributed by atoms with van der Waals surface area (Å²) in [6.07, 6.45) is 1.17. The second-order valence-corrected chi connectivity index (χ2v) is 9.60. The van der Waals surface area contributed by atoms with Crippen LogP contribution in [0.5, 0.6) is 5.75 Å². The molecule has 7 heteroatoms. The number of carbonyl (C=O) groups is 1. The van der Waals surface area contributed by atoms with E-state index in [1.807, 2.05) is 54.3 Å². The van der Waals surface area contributed by atoms with Crippen LogP contribution in [0, 0.1) is 6.92 Å². The van der Waals surface area contributed by atoms with Crippen molar-refractivity contribution in [3.05, 3.63) is 88.7 Å². The zero-order valence-electron chi connectivity index (χ0n) is 21.9. The van der Waals surface area contributed by atoms with Gasteiger partial charge in [0.05, 0.1) is 29.4 Å². The number of methoxy groups -OCH3 is 1. The van der Waals surface area contributed by atoms with Crippen molar-refractivity contribution in [1.82, 2.24) is 9.55 Å². The molecule has 4 rings (SSSR count). The number of aromatic nitrogens is 2. The SMILES string of the molecule is CCc1cccc(C)c1N(C(=O)CCn1c(COc2ccc(Cl)cc2)nc2ccccc21)[C@@H](C)COC. The fourth-order valence-corrected chi connectivity index (χ4v) is 4.87. The van der Waals surface area contributed by atoms with Crippen molar-refractivity contribution in [2.75, 3.05) is 18.6 Å². The third-order valence-electron chi connectivity index (χ3n) is 6.52. The number of halogens is 1. The van der Waals surface area contributed by atoms with Crippen molar-refractivity contribution in [3.8, 4) is 5.75 Å². The lowest BCUT2D eigenvalue weighted by atomic mass is 10.0. The number of hydrogen-bond donors (Lipinski definition) is 0. The number of benzene rings is 3. The third-order valence-corrected chi connectivity index (χ3v) is 6.78. The first-order chi connectivity index (χ1) is 17.9. The molecule has 0 spiro atoms. The van der Waals surface area contributed by atoms with E-state index >= 15 is 0 Å². The number of nitrogens with zero attached hydrogens (tertiary/aromatic N) is 3. The predicted molar refractivity (Wildman–Crippen MR) is 150 cm³/mol. The van der Waals surface area contributed by atoms with Gasteiger partial charge in [-0.25, -0.2) is 4.98 Å². The summed E-state index contributed by atoms with van der Waals surface area (Å²) in [5.41, 5.74) is 5.08. The summed E-state index contributed by atoms with van der Waals surface area (Å²) in [6, 6.07) is 21.3. The highest BCUT2D eigenvalue weighted by molar-refractivity contribution is 6.30. The van der Waals surface area contributed by atoms with Gasteiger partial charge in [0.15, 0.2) is 0 Å². The molecule has 1 amide bonds. The van der Waals surface area contributed by atoms with Crippen molar-refractivity contribution in [1.29, 1.82) is 0 Å². The molecular weight excluding hydrogens is 486 g/mol. The summed E-state index contributed by atoms with van der Waals surface area (Å²) in [4.78, 5) is 20.5. The number of carbonyl (C=O) groups excluding carboxylic acids is 1. The predicted octanol–water partition coefficient (Wildman–Crippen LogP) is 6.60. The van der Waals surface area contributed by atoms with Gasteiger partial charge in [-0.2, -0.15) is 0 Å². The second-order valence-electron chi connectivity index (χ2n) is 9.17. The van der Waals surface area contributed by atoms with Crippen LogP contribution in [-0.4, -0.2) is 35.2 Å². The topological polar surface area (TPSA) is 56.6 Å². The molecule has 0 fully saturated rings. The maximum Gasteiger partial charge on any atom is 0.229 e. The number of rotatable bonds is 11. The molecule has 37 heavy (non-hydrogen) atoms. The van der Waals surface area contributed by atoms with Crippen LogP contribution in [0.3, 0.4) is 0 Å². The molecule has 1 heterocycles. The monoisotopic (exact) mass is 519 g/mol. The van der Waals surface area contributed by atoms with Crippen molar-refractivity contribution < 1.29 is 14.3 Å². The number of imidazole rings is 1. The molecule has 3 aromatic carbocycles. The molecule has 1 atom stereocenters. The van der Waals surface area contributed by atoms with E-state index in [1.54, 1.807) is 19.2 Å². The quantitative estimate of drug-likeness (QED) is 0.224. The Kier molecular flexibility index (Phi) is 8.85. The van der Waals surface area contributed by atoms with Crippen LogP contribution in [0.25, 0.3) is 11.0 Å². The first kappa shape index (κ1) is 26.7. The molecule has 0 aliphatic heterocycles. The minimum atomic E-state index is -0.101. The molecule has 0 saturated heterocycles. The largest absolute Gasteiger partial charge is 0.486 e. The lowest BCUT2D eigenvalue weighted by Crippen LogP contribution is -2.42. The van der Waals surface area contributed by atoms with Crippen molar-refractivity contribution in [2.24, 2.45) is 0 Å². The molecular formula is C30H34ClN3O3. The van der Waals surface area contributed by atoms with E-state index in [0.717, 1.165) is 40.1 Å². The van der Waals surface area contributed by atoms with Gasteiger partial charge in [0.2, 0.25) is 5.91 Å². The lowest BCUT2D eigenvalue weighted by molar-refractivity contribution is -0.119. The fourth-order valence-electron chi connectivity index (χ4n) is 4.75. The van der Waals surface area contributed by atoms with E-state index in [1.165, 1.54) is 0 Å². The van der Waals surface area contributed by atoms with E-state index < -0.39 is 0 Å². The zero-order chi connectivity index (χ0) is 26.4. The smallest absolute Gasteiger partial charge is 0.229 e. The van der Waals surface area contributed by atoms with E-state index in [9.17, 15) is 4.79 Å². The van der Waals surface area contributed by atoms with E-state index in [0.29, 0.717) is 30.3 Å². The van der Waals surface area contributed by atoms with Crippen LogP contribution in [-0.2, 0) is 29.1 Å². The normalized spacial score (nSPS) is 12.0. The Bertz CT molecular complexity index is 1350. The van der Waals surface area contributed by atoms with Gasteiger partial charge < -0.3 is 18.9 Å². The first-order valence-corrected chi connectivity index (χ1v) is 13.0. The molecule has 0 radical (unpaired) electrons. The van der Waals surface area contributed by atoms with Gasteiger partial charge in [0, 0.05) is 25.1 Å². The summed E-state index contributed by atoms with van der Waals surface area (Å²) in [6.45, 7) is 7.44. The van der Waals surface area contributed by atoms with E-state index in [2.05, 4.69) is 30.5 Å². The number of hydrogen-bond acceptors (Lipinski definition) is 4. The number of fused-ring (bicyclic) bond motifs is 1. The van der Waals surface area contributed by atoms with Gasteiger partial charge in [0.25, 0.3) is 0 Å². The van der Waals surface area contributed by atoms with Gasteiger partial charge in [-0.1, -0.05) is 48.9 Å². The molecule has 6 nitrogen and oxygen atoms in total. The Morgan fingerprint density at radius 2 is 1.84 bits per heavy atom. The standard InChI is InChI=1S/C30H34ClN3O3/c1-5-23-10-8-9-21(2)30(23)34(22(3)19-36-4)29(35)17-18-33-27-12-7-6-11-26(27)32-28(33)20-37-25-15-13-24(31)14-16-25/h6-16,22H,5,17-20H2,1-4H3/t22-/m0/s1. The number of para-hydroxylation sites is 3. The van der Waals surface area contributed by atoms with Gasteiger partial charge >= 0.3 is 0 Å². The number of ether oxygens (including phenoxy) is 2. The summed E-state index contributed by atoms with van der Waals surface area (Å²) in [7, 11) is 1.67. The minimum Gasteiger partial charge on any atom is -0.486 e. The maximum atomic E-state index is 13.8. The molecule has 0 unspecified atom stereocenters. The van der Waals surface area contributed by atoms with Crippen LogP contribution in [0.2, 0.25) is 5.02 Å². The summed E-state index contributed by atoms with van der Waals surface area (Å²) in [5.74, 6) is 1.53. The third kappa shape index (κ3) is 6.14. The molecule has 0 N–H and O–H groups in total. The Hall–Kier alpha value is -3.35. The van der Waals surface area contributed by atoms with Crippen molar-refractivity contribution >= 4 is 34.2 Å². The summed E-state index contributed by atoms with van der Waals surface area (Å²) >= 11 is 6.00. The fraction of sp³-hybridized carbons (Fsp3) is 0.333. The van der Waals surface area contributed by atoms with E-state index in [4.69, 9.17) is 26.1 Å². The first-order valence-electron chi connectivity index (χ1n) is 12.6. The second kappa shape index (κ2) is 12.3. The van der Waals surface area contributed by atoms with Crippen molar-refractivity contribution in [2.45, 2.75) is 52.8 Å². The van der Waals surface area contributed by atoms with Crippen LogP contribution in [0.4, 0.5) is 5.69 Å². The van der Waals surface area contributed by atoms with Crippen LogP contribution in [0.15, 0.2) is 66.7 Å². The average Bonchev–Trinajstić information content (AvgIpc) is 3.25. The van der Waals surface area contributed by atoms with E-state index in [-0.39, 0.29) is 18.6 Å². The number of anilines is 1. The molecule has 0 aliphatic carbocycles. The van der Waals surface area contributed by atoms with Gasteiger partial charge in [-0.15, -0.1) is 0 Å². The number of aryl methyl sites for hydroxylation is 3. The summed E-state index contributed by atoms with van der Waals surface area (Å²) < 4.78 is 13.5. The molecule has 194 valence electrons. The highest BCUT2D eigenvalue weighted by Gasteiger charge is 2.26. The van der Waals surface area contributed by atoms with Gasteiger partial charge in [-0.05, 0) is 67.8 Å². The Labute approximate surface area is 223 Å². The molecule has 0 saturated carbocycles. The van der Waals surface area contributed by atoms with Crippen molar-refractivity contribution in [3.63, 3.8) is 0 Å².